The van der Waals surface area contributed by atoms with Gasteiger partial charge in [-0.2, -0.15) is 0 Å². The van der Waals surface area contributed by atoms with Gasteiger partial charge >= 0.3 is 0 Å². The van der Waals surface area contributed by atoms with E-state index in [4.69, 9.17) is 23.4 Å². The SMILES string of the molecule is O=c1cc(-c2ccc(O)c(O)c2)oc2cc(O[C@@H]3O[C@H](COC4O[C@H](CO)[C@@H](O)[C@H](O)[C@H]4O)[C@@H](O)[C@H](O)[C@H]3O)cc(O)c12. The van der Waals surface area contributed by atoms with E-state index in [1.807, 2.05) is 0 Å². The Balaban J connectivity index is 1.36. The van der Waals surface area contributed by atoms with E-state index >= 15 is 0 Å². The first-order valence-corrected chi connectivity index (χ1v) is 13.0. The van der Waals surface area contributed by atoms with Crippen LogP contribution in [0, 0.1) is 0 Å². The highest BCUT2D eigenvalue weighted by Crippen LogP contribution is 2.35. The van der Waals surface area contributed by atoms with Gasteiger partial charge in [-0.1, -0.05) is 0 Å². The molecule has 3 heterocycles. The highest BCUT2D eigenvalue weighted by molar-refractivity contribution is 5.86. The number of benzene rings is 2. The number of phenolic OH excluding ortho intramolecular Hbond substituents is 3. The van der Waals surface area contributed by atoms with Crippen molar-refractivity contribution in [2.45, 2.75) is 61.4 Å². The standard InChI is InChI=1S/C27H30O16/c28-7-17-20(33)22(35)24(37)26(42-17)39-8-18-21(34)23(36)25(38)27(43-18)40-10-4-13(31)19-14(32)6-15(41-16(19)5-10)9-1-2-11(29)12(30)3-9/h1-6,17-18,20-31,33-38H,7-8H2/t17-,18-,20-,21-,22+,23+,24-,25-,26?,27-/m1/s1. The Kier molecular flexibility index (Phi) is 8.77. The van der Waals surface area contributed by atoms with Crippen molar-refractivity contribution in [2.75, 3.05) is 13.2 Å². The van der Waals surface area contributed by atoms with E-state index in [1.165, 1.54) is 18.2 Å². The van der Waals surface area contributed by atoms with E-state index in [2.05, 4.69) is 0 Å². The van der Waals surface area contributed by atoms with Gasteiger partial charge in [-0.05, 0) is 18.2 Å². The summed E-state index contributed by atoms with van der Waals surface area (Å²) in [6, 6.07) is 7.01. The van der Waals surface area contributed by atoms with Gasteiger partial charge in [0.05, 0.1) is 13.2 Å². The Hall–Kier alpha value is -3.55. The number of hydrogen-bond acceptors (Lipinski definition) is 16. The molecule has 16 nitrogen and oxygen atoms in total. The summed E-state index contributed by atoms with van der Waals surface area (Å²) in [4.78, 5) is 12.7. The fourth-order valence-electron chi connectivity index (χ4n) is 4.81. The molecule has 1 unspecified atom stereocenters. The molecule has 234 valence electrons. The molecule has 43 heavy (non-hydrogen) atoms. The molecule has 3 aromatic rings. The van der Waals surface area contributed by atoms with Gasteiger partial charge in [0.1, 0.15) is 77.1 Å². The van der Waals surface area contributed by atoms with Crippen LogP contribution in [0.3, 0.4) is 0 Å². The van der Waals surface area contributed by atoms with E-state index in [0.717, 1.165) is 18.2 Å². The largest absolute Gasteiger partial charge is 0.507 e. The zero-order valence-electron chi connectivity index (χ0n) is 22.1. The predicted molar refractivity (Wildman–Crippen MR) is 140 cm³/mol. The van der Waals surface area contributed by atoms with Crippen LogP contribution in [-0.2, 0) is 14.2 Å². The van der Waals surface area contributed by atoms with Crippen LogP contribution in [0.15, 0.2) is 45.6 Å². The molecule has 2 fully saturated rings. The monoisotopic (exact) mass is 610 g/mol. The molecule has 10 atom stereocenters. The molecule has 16 heteroatoms. The highest BCUT2D eigenvalue weighted by atomic mass is 16.7. The molecule has 0 amide bonds. The second-order valence-electron chi connectivity index (χ2n) is 10.2. The molecule has 10 N–H and O–H groups in total. The first kappa shape index (κ1) is 30.9. The summed E-state index contributed by atoms with van der Waals surface area (Å²) in [5.74, 6) is -1.64. The third-order valence-corrected chi connectivity index (χ3v) is 7.24. The maximum atomic E-state index is 12.7. The second kappa shape index (κ2) is 12.2. The number of rotatable bonds is 7. The summed E-state index contributed by atoms with van der Waals surface area (Å²) in [5, 5.41) is 100. The van der Waals surface area contributed by atoms with Crippen LogP contribution >= 0.6 is 0 Å². The van der Waals surface area contributed by atoms with Crippen molar-refractivity contribution in [1.29, 1.82) is 0 Å². The maximum absolute atomic E-state index is 12.7. The Morgan fingerprint density at radius 3 is 2.02 bits per heavy atom. The van der Waals surface area contributed by atoms with E-state index in [9.17, 15) is 55.9 Å². The molecular weight excluding hydrogens is 580 g/mol. The van der Waals surface area contributed by atoms with Crippen molar-refractivity contribution in [1.82, 2.24) is 0 Å². The minimum absolute atomic E-state index is 0.0257. The minimum Gasteiger partial charge on any atom is -0.507 e. The Labute approximate surface area is 241 Å². The third kappa shape index (κ3) is 5.98. The smallest absolute Gasteiger partial charge is 0.229 e. The van der Waals surface area contributed by atoms with Crippen molar-refractivity contribution in [2.24, 2.45) is 0 Å². The summed E-state index contributed by atoms with van der Waals surface area (Å²) in [5.41, 5.74) is -0.588. The molecule has 2 aliphatic rings. The van der Waals surface area contributed by atoms with Gasteiger partial charge in [-0.3, -0.25) is 4.79 Å². The molecule has 2 aliphatic heterocycles. The predicted octanol–water partition coefficient (Wildman–Crippen LogP) is -2.42. The normalized spacial score (nSPS) is 33.0. The molecular formula is C27H30O16. The highest BCUT2D eigenvalue weighted by Gasteiger charge is 2.48. The Morgan fingerprint density at radius 2 is 1.35 bits per heavy atom. The van der Waals surface area contributed by atoms with Crippen LogP contribution in [0.4, 0.5) is 0 Å². The van der Waals surface area contributed by atoms with Crippen molar-refractivity contribution < 1.29 is 74.4 Å². The molecule has 2 aromatic carbocycles. The van der Waals surface area contributed by atoms with Crippen LogP contribution in [0.1, 0.15) is 0 Å². The first-order chi connectivity index (χ1) is 20.4. The quantitative estimate of drug-likeness (QED) is 0.125. The molecule has 0 aliphatic carbocycles. The average molecular weight is 611 g/mol. The van der Waals surface area contributed by atoms with Crippen molar-refractivity contribution in [3.05, 3.63) is 46.6 Å². The van der Waals surface area contributed by atoms with Gasteiger partial charge in [0.15, 0.2) is 23.2 Å². The van der Waals surface area contributed by atoms with Gasteiger partial charge in [-0.15, -0.1) is 0 Å². The molecule has 0 bridgehead atoms. The van der Waals surface area contributed by atoms with Crippen LogP contribution < -0.4 is 10.2 Å². The number of fused-ring (bicyclic) bond motifs is 1. The lowest BCUT2D eigenvalue weighted by molar-refractivity contribution is -0.323. The zero-order chi connectivity index (χ0) is 31.2. The van der Waals surface area contributed by atoms with Crippen LogP contribution in [0.5, 0.6) is 23.0 Å². The summed E-state index contributed by atoms with van der Waals surface area (Å²) in [6.07, 6.45) is -16.4. The first-order valence-electron chi connectivity index (χ1n) is 13.0. The fraction of sp³-hybridized carbons (Fsp3) is 0.444. The van der Waals surface area contributed by atoms with Gasteiger partial charge in [0.2, 0.25) is 6.29 Å². The number of aliphatic hydroxyl groups excluding tert-OH is 7. The molecule has 1 aromatic heterocycles. The van der Waals surface area contributed by atoms with Gasteiger partial charge < -0.3 is 74.4 Å². The molecule has 5 rings (SSSR count). The van der Waals surface area contributed by atoms with Crippen molar-refractivity contribution in [3.8, 4) is 34.3 Å². The molecule has 0 radical (unpaired) electrons. The Bertz CT molecular complexity index is 1510. The molecule has 2 saturated heterocycles. The number of aliphatic hydroxyl groups is 7. The van der Waals surface area contributed by atoms with E-state index < -0.39 is 97.3 Å². The summed E-state index contributed by atoms with van der Waals surface area (Å²) in [7, 11) is 0. The topological polar surface area (TPSA) is 269 Å². The third-order valence-electron chi connectivity index (χ3n) is 7.24. The van der Waals surface area contributed by atoms with Crippen LogP contribution in [0.2, 0.25) is 0 Å². The lowest BCUT2D eigenvalue weighted by Crippen LogP contribution is -2.62. The van der Waals surface area contributed by atoms with E-state index in [0.29, 0.717) is 0 Å². The molecule has 0 saturated carbocycles. The summed E-state index contributed by atoms with van der Waals surface area (Å²) >= 11 is 0. The van der Waals surface area contributed by atoms with Gasteiger partial charge in [0, 0.05) is 23.8 Å². The van der Waals surface area contributed by atoms with E-state index in [1.54, 1.807) is 0 Å². The van der Waals surface area contributed by atoms with Gasteiger partial charge in [0.25, 0.3) is 0 Å². The van der Waals surface area contributed by atoms with Crippen LogP contribution in [0.25, 0.3) is 22.3 Å². The van der Waals surface area contributed by atoms with Crippen molar-refractivity contribution in [3.63, 3.8) is 0 Å². The summed E-state index contributed by atoms with van der Waals surface area (Å²) in [6.45, 7) is -1.29. The number of hydrogen-bond donors (Lipinski definition) is 10. The maximum Gasteiger partial charge on any atom is 0.229 e. The number of ether oxygens (including phenoxy) is 4. The van der Waals surface area contributed by atoms with Gasteiger partial charge in [-0.25, -0.2) is 0 Å². The van der Waals surface area contributed by atoms with Crippen LogP contribution in [-0.4, -0.2) is 126 Å². The van der Waals surface area contributed by atoms with E-state index in [-0.39, 0.29) is 28.0 Å². The lowest BCUT2D eigenvalue weighted by atomic mass is 9.98. The van der Waals surface area contributed by atoms with Crippen molar-refractivity contribution >= 4 is 11.0 Å². The average Bonchev–Trinajstić information content (AvgIpc) is 2.97. The lowest BCUT2D eigenvalue weighted by Gasteiger charge is -2.42. The number of aromatic hydroxyl groups is 3. The summed E-state index contributed by atoms with van der Waals surface area (Å²) < 4.78 is 27.6. The zero-order valence-corrected chi connectivity index (χ0v) is 22.1. The number of phenols is 3. The fourth-order valence-corrected chi connectivity index (χ4v) is 4.81. The minimum atomic E-state index is -1.83. The second-order valence-corrected chi connectivity index (χ2v) is 10.2. The molecule has 0 spiro atoms. The Morgan fingerprint density at radius 1 is 0.698 bits per heavy atom.